The van der Waals surface area contributed by atoms with Crippen LogP contribution in [0.1, 0.15) is 69.6 Å². The molecule has 0 saturated carbocycles. The van der Waals surface area contributed by atoms with Gasteiger partial charge in [-0.1, -0.05) is 6.07 Å². The van der Waals surface area contributed by atoms with E-state index in [4.69, 9.17) is 9.73 Å². The third-order valence-electron chi connectivity index (χ3n) is 6.87. The van der Waals surface area contributed by atoms with Crippen LogP contribution in [0.2, 0.25) is 0 Å². The van der Waals surface area contributed by atoms with Crippen molar-refractivity contribution >= 4 is 33.3 Å². The second kappa shape index (κ2) is 9.44. The number of amides is 2. The molecule has 0 radical (unpaired) electrons. The number of amidine groups is 1. The van der Waals surface area contributed by atoms with Crippen molar-refractivity contribution in [2.75, 3.05) is 11.9 Å². The van der Waals surface area contributed by atoms with Gasteiger partial charge < -0.3 is 10.1 Å². The molecule has 3 atom stereocenters. The lowest BCUT2D eigenvalue weighted by atomic mass is 9.85. The smallest absolute Gasteiger partial charge is 0.413 e. The molecule has 4 rings (SSSR count). The second-order valence-corrected chi connectivity index (χ2v) is 14.3. The van der Waals surface area contributed by atoms with Gasteiger partial charge in [0.05, 0.1) is 15.0 Å². The minimum atomic E-state index is -3.01. The molecule has 2 N–H and O–H groups in total. The van der Waals surface area contributed by atoms with Crippen molar-refractivity contribution in [1.82, 2.24) is 10.3 Å². The molecule has 11 heteroatoms. The van der Waals surface area contributed by atoms with Crippen LogP contribution in [-0.2, 0) is 20.0 Å². The van der Waals surface area contributed by atoms with Crippen LogP contribution >= 0.6 is 0 Å². The molecule has 0 fully saturated rings. The number of nitrogens with one attached hydrogen (secondary N) is 2. The van der Waals surface area contributed by atoms with E-state index in [9.17, 15) is 13.8 Å². The summed E-state index contributed by atoms with van der Waals surface area (Å²) in [7, 11) is -3.01. The minimum Gasteiger partial charge on any atom is -0.444 e. The van der Waals surface area contributed by atoms with E-state index >= 15 is 4.39 Å². The second-order valence-electron chi connectivity index (χ2n) is 11.3. The Morgan fingerprint density at radius 2 is 1.84 bits per heavy atom. The molecule has 0 aliphatic carbocycles. The van der Waals surface area contributed by atoms with Gasteiger partial charge in [0.1, 0.15) is 33.2 Å². The first-order chi connectivity index (χ1) is 17.6. The quantitative estimate of drug-likeness (QED) is 0.567. The number of carbonyl (C=O) groups is 2. The fourth-order valence-electron chi connectivity index (χ4n) is 4.84. The molecule has 0 spiro atoms. The van der Waals surface area contributed by atoms with Gasteiger partial charge in [-0.05, 0) is 84.7 Å². The largest absolute Gasteiger partial charge is 0.444 e. The maximum Gasteiger partial charge on any atom is 0.413 e. The first-order valence-corrected chi connectivity index (χ1v) is 14.0. The fraction of sp³-hybridized carbons (Fsp3) is 0.481. The topological polar surface area (TPSA) is 122 Å². The van der Waals surface area contributed by atoms with Crippen LogP contribution in [0.15, 0.2) is 45.9 Å². The monoisotopic (exact) mass is 543 g/mol. The third kappa shape index (κ3) is 4.91. The van der Waals surface area contributed by atoms with Gasteiger partial charge in [-0.2, -0.15) is 0 Å². The number of carbonyl (C=O) groups excluding carboxylic acids is 2. The van der Waals surface area contributed by atoms with E-state index in [0.29, 0.717) is 18.7 Å². The normalized spacial score (nSPS) is 26.0. The molecule has 2 amide bonds. The molecule has 38 heavy (non-hydrogen) atoms. The summed E-state index contributed by atoms with van der Waals surface area (Å²) in [4.78, 5) is 34.4. The molecule has 1 aromatic heterocycles. The number of nitrogens with zero attached hydrogens (tertiary/aromatic N) is 3. The number of aryl methyl sites for hydroxylation is 1. The van der Waals surface area contributed by atoms with E-state index in [1.54, 1.807) is 59.9 Å². The number of fused-ring (bicyclic) bond motifs is 1. The van der Waals surface area contributed by atoms with Crippen molar-refractivity contribution in [3.05, 3.63) is 59.2 Å². The van der Waals surface area contributed by atoms with E-state index in [2.05, 4.69) is 20.0 Å². The van der Waals surface area contributed by atoms with Gasteiger partial charge in [0.15, 0.2) is 0 Å². The van der Waals surface area contributed by atoms with Crippen molar-refractivity contribution in [3.8, 4) is 0 Å². The number of alkyl carbamates (subject to hydrolysis) is 1. The lowest BCUT2D eigenvalue weighted by Crippen LogP contribution is -2.60. The number of aliphatic imine (C=N–C) groups is 1. The summed E-state index contributed by atoms with van der Waals surface area (Å²) in [6, 6.07) is 7.56. The number of anilines is 1. The highest BCUT2D eigenvalue weighted by Gasteiger charge is 2.57. The summed E-state index contributed by atoms with van der Waals surface area (Å²) in [5.41, 5.74) is -0.507. The molecule has 2 aliphatic heterocycles. The maximum atomic E-state index is 15.5. The molecule has 3 heterocycles. The Morgan fingerprint density at radius 3 is 2.47 bits per heavy atom. The summed E-state index contributed by atoms with van der Waals surface area (Å²) in [5, 5.41) is 4.81. The van der Waals surface area contributed by atoms with Crippen LogP contribution in [0.25, 0.3) is 0 Å². The van der Waals surface area contributed by atoms with Crippen molar-refractivity contribution in [3.63, 3.8) is 0 Å². The Kier molecular flexibility index (Phi) is 6.88. The standard InChI is InChI=1S/C27H34FN5O4S/c1-16-8-11-20(29-15-16)22(34)31-17-9-10-19(28)18(14-17)27(7)21-12-13-30-38(21,36)26(5,6)23(33-27)32-24(35)37-25(2,3)4/h8-11,14-15,21H,12-13H2,1-7H3,(H,31,34)(H,32,33,35)/t21-,27+,38+/m0/s1. The van der Waals surface area contributed by atoms with Crippen molar-refractivity contribution in [2.45, 2.75) is 76.0 Å². The Hall–Kier alpha value is -3.34. The van der Waals surface area contributed by atoms with Crippen LogP contribution in [0.3, 0.4) is 0 Å². The number of benzene rings is 1. The summed E-state index contributed by atoms with van der Waals surface area (Å²) in [6.07, 6.45) is 1.27. The van der Waals surface area contributed by atoms with Crippen molar-refractivity contribution in [1.29, 1.82) is 0 Å². The highest BCUT2D eigenvalue weighted by molar-refractivity contribution is 7.96. The van der Waals surface area contributed by atoms with Gasteiger partial charge >= 0.3 is 6.09 Å². The van der Waals surface area contributed by atoms with E-state index in [0.717, 1.165) is 5.56 Å². The van der Waals surface area contributed by atoms with Crippen LogP contribution in [-0.4, -0.2) is 49.2 Å². The summed E-state index contributed by atoms with van der Waals surface area (Å²) in [5.74, 6) is -0.917. The first kappa shape index (κ1) is 27.7. The average molecular weight is 544 g/mol. The zero-order valence-corrected chi connectivity index (χ0v) is 23.5. The highest BCUT2D eigenvalue weighted by Crippen LogP contribution is 2.48. The molecule has 0 saturated heterocycles. The van der Waals surface area contributed by atoms with Crippen LogP contribution in [0.4, 0.5) is 14.9 Å². The SMILES string of the molecule is Cc1ccc(C(=O)Nc2ccc(F)c([C@@]3(C)N=C(NC(=O)OC(C)(C)C)C(C)(C)[S@@]4(=O)=NCC[C@@H]34)c2)nc1. The van der Waals surface area contributed by atoms with Crippen molar-refractivity contribution < 1.29 is 22.9 Å². The molecule has 0 bridgehead atoms. The lowest BCUT2D eigenvalue weighted by Gasteiger charge is -2.45. The first-order valence-electron chi connectivity index (χ1n) is 12.4. The van der Waals surface area contributed by atoms with Gasteiger partial charge in [-0.25, -0.2) is 17.8 Å². The Morgan fingerprint density at radius 1 is 1.13 bits per heavy atom. The molecule has 1 aromatic carbocycles. The molecule has 2 aromatic rings. The number of halogens is 1. The van der Waals surface area contributed by atoms with Gasteiger partial charge in [0.25, 0.3) is 5.91 Å². The third-order valence-corrected chi connectivity index (χ3v) is 10.6. The lowest BCUT2D eigenvalue weighted by molar-refractivity contribution is 0.0560. The summed E-state index contributed by atoms with van der Waals surface area (Å²) in [6.45, 7) is 12.5. The number of hydrogen-bond donors (Lipinski definition) is 2. The van der Waals surface area contributed by atoms with E-state index in [1.165, 1.54) is 18.2 Å². The number of hydrogen-bond acceptors (Lipinski definition) is 7. The van der Waals surface area contributed by atoms with Crippen molar-refractivity contribution in [2.24, 2.45) is 9.36 Å². The maximum absolute atomic E-state index is 15.5. The zero-order valence-electron chi connectivity index (χ0n) is 22.7. The average Bonchev–Trinajstić information content (AvgIpc) is 3.23. The van der Waals surface area contributed by atoms with Crippen LogP contribution < -0.4 is 10.6 Å². The molecule has 2 aliphatic rings. The fourth-order valence-corrected chi connectivity index (χ4v) is 8.03. The van der Waals surface area contributed by atoms with Crippen LogP contribution in [0.5, 0.6) is 0 Å². The van der Waals surface area contributed by atoms with Gasteiger partial charge in [-0.15, -0.1) is 0 Å². The summed E-state index contributed by atoms with van der Waals surface area (Å²) >= 11 is 0. The number of ether oxygens (including phenoxy) is 1. The molecule has 0 unspecified atom stereocenters. The van der Waals surface area contributed by atoms with E-state index < -0.39 is 48.7 Å². The van der Waals surface area contributed by atoms with Crippen LogP contribution in [0, 0.1) is 12.7 Å². The molecule has 9 nitrogen and oxygen atoms in total. The molecule has 204 valence electrons. The predicted molar refractivity (Wildman–Crippen MR) is 145 cm³/mol. The highest BCUT2D eigenvalue weighted by atomic mass is 32.2. The minimum absolute atomic E-state index is 0.110. The van der Waals surface area contributed by atoms with E-state index in [1.807, 2.05) is 6.92 Å². The Bertz CT molecular complexity index is 1440. The predicted octanol–water partition coefficient (Wildman–Crippen LogP) is 4.95. The van der Waals surface area contributed by atoms with Gasteiger partial charge in [0, 0.05) is 24.0 Å². The summed E-state index contributed by atoms with van der Waals surface area (Å²) < 4.78 is 38.7. The molecular formula is C27H34FN5O4S. The zero-order chi connectivity index (χ0) is 28.1. The molecular weight excluding hydrogens is 509 g/mol. The Balaban J connectivity index is 1.78. The number of aromatic nitrogens is 1. The van der Waals surface area contributed by atoms with Gasteiger partial charge in [0.2, 0.25) is 0 Å². The van der Waals surface area contributed by atoms with Gasteiger partial charge in [-0.3, -0.25) is 20.1 Å². The Labute approximate surface area is 222 Å². The van der Waals surface area contributed by atoms with E-state index in [-0.39, 0.29) is 17.1 Å². The number of rotatable bonds is 3. The number of pyridine rings is 1.